The van der Waals surface area contributed by atoms with Gasteiger partial charge < -0.3 is 11.1 Å². The maximum Gasteiger partial charge on any atom is 0.243 e. The molecule has 6 nitrogen and oxygen atoms in total. The molecule has 7 heteroatoms. The Morgan fingerprint density at radius 3 is 2.58 bits per heavy atom. The third kappa shape index (κ3) is 4.27. The number of sulfonamides is 1. The third-order valence-corrected chi connectivity index (χ3v) is 7.48. The van der Waals surface area contributed by atoms with Crippen molar-refractivity contribution in [3.05, 3.63) is 29.8 Å². The van der Waals surface area contributed by atoms with Crippen molar-refractivity contribution in [1.29, 1.82) is 0 Å². The highest BCUT2D eigenvalue weighted by Crippen LogP contribution is 2.26. The zero-order valence-corrected chi connectivity index (χ0v) is 16.0. The normalized spacial score (nSPS) is 22.9. The van der Waals surface area contributed by atoms with E-state index in [1.807, 2.05) is 0 Å². The molecule has 1 aliphatic carbocycles. The highest BCUT2D eigenvalue weighted by Gasteiger charge is 2.34. The summed E-state index contributed by atoms with van der Waals surface area (Å²) in [7, 11) is -3.63. The van der Waals surface area contributed by atoms with Crippen molar-refractivity contribution >= 4 is 15.9 Å². The molecule has 3 rings (SSSR count). The van der Waals surface area contributed by atoms with Crippen molar-refractivity contribution in [2.75, 3.05) is 13.1 Å². The summed E-state index contributed by atoms with van der Waals surface area (Å²) in [5.74, 6) is -0.269. The molecule has 0 spiro atoms. The number of rotatable bonds is 5. The van der Waals surface area contributed by atoms with Crippen molar-refractivity contribution in [3.8, 4) is 0 Å². The van der Waals surface area contributed by atoms with E-state index in [4.69, 9.17) is 5.73 Å². The first-order valence-corrected chi connectivity index (χ1v) is 11.0. The van der Waals surface area contributed by atoms with E-state index in [-0.39, 0.29) is 35.9 Å². The molecule has 1 amide bonds. The first kappa shape index (κ1) is 19.3. The summed E-state index contributed by atoms with van der Waals surface area (Å²) < 4.78 is 27.6. The molecule has 1 unspecified atom stereocenters. The Labute approximate surface area is 156 Å². The van der Waals surface area contributed by atoms with Crippen molar-refractivity contribution < 1.29 is 13.2 Å². The predicted octanol–water partition coefficient (Wildman–Crippen LogP) is 1.99. The van der Waals surface area contributed by atoms with E-state index in [1.54, 1.807) is 24.3 Å². The zero-order chi connectivity index (χ0) is 18.6. The Morgan fingerprint density at radius 2 is 1.85 bits per heavy atom. The number of carbonyl (C=O) groups excluding carboxylic acids is 1. The molecular weight excluding hydrogens is 350 g/mol. The molecule has 2 aliphatic rings. The number of hydrogen-bond donors (Lipinski definition) is 2. The molecule has 26 heavy (non-hydrogen) atoms. The lowest BCUT2D eigenvalue weighted by Gasteiger charge is -2.33. The lowest BCUT2D eigenvalue weighted by molar-refractivity contribution is -0.127. The topological polar surface area (TPSA) is 92.5 Å². The predicted molar refractivity (Wildman–Crippen MR) is 101 cm³/mol. The molecule has 0 bridgehead atoms. The van der Waals surface area contributed by atoms with Crippen LogP contribution < -0.4 is 11.1 Å². The minimum absolute atomic E-state index is 0.00362. The van der Waals surface area contributed by atoms with Gasteiger partial charge in [0.15, 0.2) is 0 Å². The summed E-state index contributed by atoms with van der Waals surface area (Å²) in [5, 5.41) is 3.14. The number of hydrogen-bond acceptors (Lipinski definition) is 4. The lowest BCUT2D eigenvalue weighted by Crippen LogP contribution is -2.48. The van der Waals surface area contributed by atoms with Gasteiger partial charge in [-0.3, -0.25) is 4.79 Å². The fraction of sp³-hybridized carbons (Fsp3) is 0.632. The van der Waals surface area contributed by atoms with Crippen LogP contribution in [-0.4, -0.2) is 37.8 Å². The van der Waals surface area contributed by atoms with Crippen LogP contribution in [0.1, 0.15) is 50.5 Å². The quantitative estimate of drug-likeness (QED) is 0.818. The summed E-state index contributed by atoms with van der Waals surface area (Å²) in [6.07, 6.45) is 7.06. The fourth-order valence-corrected chi connectivity index (χ4v) is 5.76. The molecular formula is C19H29N3O3S. The number of carbonyl (C=O) groups is 1. The number of nitrogens with one attached hydrogen (secondary N) is 1. The standard InChI is InChI=1S/C19H29N3O3S/c20-13-15-7-4-5-11-18(15)26(24,25)22-12-6-8-16(14-22)19(23)21-17-9-2-1-3-10-17/h4-5,7,11,16-17H,1-3,6,8-10,12-14,20H2,(H,21,23). The Kier molecular flexibility index (Phi) is 6.32. The molecule has 1 aromatic rings. The van der Waals surface area contributed by atoms with Gasteiger partial charge in [0.1, 0.15) is 0 Å². The third-order valence-electron chi connectivity index (χ3n) is 5.52. The van der Waals surface area contributed by atoms with Crippen molar-refractivity contribution in [3.63, 3.8) is 0 Å². The van der Waals surface area contributed by atoms with Gasteiger partial charge in [-0.15, -0.1) is 0 Å². The molecule has 1 atom stereocenters. The van der Waals surface area contributed by atoms with Crippen molar-refractivity contribution in [2.24, 2.45) is 11.7 Å². The van der Waals surface area contributed by atoms with E-state index in [0.29, 0.717) is 18.5 Å². The fourth-order valence-electron chi connectivity index (χ4n) is 4.00. The van der Waals surface area contributed by atoms with Crippen molar-refractivity contribution in [2.45, 2.75) is 62.4 Å². The molecule has 144 valence electrons. The zero-order valence-electron chi connectivity index (χ0n) is 15.2. The van der Waals surface area contributed by atoms with Crippen LogP contribution in [0.3, 0.4) is 0 Å². The van der Waals surface area contributed by atoms with E-state index in [0.717, 1.165) is 32.1 Å². The Bertz CT molecular complexity index is 729. The van der Waals surface area contributed by atoms with E-state index >= 15 is 0 Å². The van der Waals surface area contributed by atoms with Gasteiger partial charge in [0.2, 0.25) is 15.9 Å². The second kappa shape index (κ2) is 8.50. The molecule has 0 radical (unpaired) electrons. The van der Waals surface area contributed by atoms with Gasteiger partial charge >= 0.3 is 0 Å². The number of benzene rings is 1. The van der Waals surface area contributed by atoms with E-state index in [2.05, 4.69) is 5.32 Å². The van der Waals surface area contributed by atoms with E-state index in [1.165, 1.54) is 10.7 Å². The lowest BCUT2D eigenvalue weighted by atomic mass is 9.93. The van der Waals surface area contributed by atoms with E-state index in [9.17, 15) is 13.2 Å². The van der Waals surface area contributed by atoms with Gasteiger partial charge in [0.25, 0.3) is 0 Å². The van der Waals surface area contributed by atoms with Gasteiger partial charge in [-0.1, -0.05) is 37.5 Å². The summed E-state index contributed by atoms with van der Waals surface area (Å²) >= 11 is 0. The number of amides is 1. The maximum atomic E-state index is 13.1. The van der Waals surface area contributed by atoms with Crippen LogP contribution in [-0.2, 0) is 21.4 Å². The number of piperidine rings is 1. The summed E-state index contributed by atoms with van der Waals surface area (Å²) in [5.41, 5.74) is 6.32. The molecule has 1 saturated carbocycles. The Balaban J connectivity index is 1.70. The first-order valence-electron chi connectivity index (χ1n) is 9.61. The molecule has 1 heterocycles. The summed E-state index contributed by atoms with van der Waals surface area (Å²) in [4.78, 5) is 12.9. The van der Waals surface area contributed by atoms with Crippen LogP contribution in [0.25, 0.3) is 0 Å². The van der Waals surface area contributed by atoms with Crippen LogP contribution in [0.4, 0.5) is 0 Å². The van der Waals surface area contributed by atoms with Gasteiger partial charge in [-0.25, -0.2) is 8.42 Å². The largest absolute Gasteiger partial charge is 0.353 e. The Morgan fingerprint density at radius 1 is 1.12 bits per heavy atom. The molecule has 1 aromatic carbocycles. The second-order valence-corrected chi connectivity index (χ2v) is 9.26. The van der Waals surface area contributed by atoms with Gasteiger partial charge in [0.05, 0.1) is 10.8 Å². The molecule has 2 fully saturated rings. The minimum atomic E-state index is -3.63. The summed E-state index contributed by atoms with van der Waals surface area (Å²) in [6.45, 7) is 0.878. The van der Waals surface area contributed by atoms with Gasteiger partial charge in [-0.05, 0) is 37.3 Å². The van der Waals surface area contributed by atoms with Crippen molar-refractivity contribution in [1.82, 2.24) is 9.62 Å². The number of nitrogens with zero attached hydrogens (tertiary/aromatic N) is 1. The molecule has 0 aromatic heterocycles. The van der Waals surface area contributed by atoms with Gasteiger partial charge in [0, 0.05) is 25.7 Å². The average Bonchev–Trinajstić information content (AvgIpc) is 2.68. The Hall–Kier alpha value is -1.44. The van der Waals surface area contributed by atoms with Crippen LogP contribution in [0.15, 0.2) is 29.2 Å². The average molecular weight is 380 g/mol. The molecule has 1 aliphatic heterocycles. The van der Waals surface area contributed by atoms with Gasteiger partial charge in [-0.2, -0.15) is 4.31 Å². The molecule has 1 saturated heterocycles. The van der Waals surface area contributed by atoms with Crippen LogP contribution in [0.5, 0.6) is 0 Å². The van der Waals surface area contributed by atoms with Crippen LogP contribution >= 0.6 is 0 Å². The van der Waals surface area contributed by atoms with Crippen LogP contribution in [0.2, 0.25) is 0 Å². The summed E-state index contributed by atoms with van der Waals surface area (Å²) in [6, 6.07) is 7.09. The monoisotopic (exact) mass is 379 g/mol. The molecule has 3 N–H and O–H groups in total. The minimum Gasteiger partial charge on any atom is -0.353 e. The smallest absolute Gasteiger partial charge is 0.243 e. The second-order valence-electron chi connectivity index (χ2n) is 7.36. The first-order chi connectivity index (χ1) is 12.5. The van der Waals surface area contributed by atoms with Crippen LogP contribution in [0, 0.1) is 5.92 Å². The highest BCUT2D eigenvalue weighted by atomic mass is 32.2. The number of nitrogens with two attached hydrogens (primary N) is 1. The SMILES string of the molecule is NCc1ccccc1S(=O)(=O)N1CCCC(C(=O)NC2CCCCC2)C1. The highest BCUT2D eigenvalue weighted by molar-refractivity contribution is 7.89. The van der Waals surface area contributed by atoms with E-state index < -0.39 is 10.0 Å². The maximum absolute atomic E-state index is 13.1.